The average Bonchev–Trinajstić information content (AvgIpc) is 3.20. The van der Waals surface area contributed by atoms with Crippen molar-refractivity contribution in [1.29, 1.82) is 0 Å². The third kappa shape index (κ3) is 5.26. The maximum Gasteiger partial charge on any atom is 0.307 e. The van der Waals surface area contributed by atoms with Gasteiger partial charge in [0, 0.05) is 24.2 Å². The molecule has 0 unspecified atom stereocenters. The van der Waals surface area contributed by atoms with Crippen LogP contribution < -0.4 is 9.77 Å². The topological polar surface area (TPSA) is 82.1 Å². The molecule has 184 valence electrons. The number of rotatable bonds is 7. The van der Waals surface area contributed by atoms with E-state index < -0.39 is 0 Å². The molecule has 3 heterocycles. The summed E-state index contributed by atoms with van der Waals surface area (Å²) in [5.41, 5.74) is 7.52. The zero-order valence-corrected chi connectivity index (χ0v) is 21.4. The van der Waals surface area contributed by atoms with Crippen LogP contribution >= 0.6 is 11.3 Å². The number of aromatic amines is 1. The van der Waals surface area contributed by atoms with E-state index in [0.29, 0.717) is 4.88 Å². The summed E-state index contributed by atoms with van der Waals surface area (Å²) in [5.74, 6) is 0.924. The van der Waals surface area contributed by atoms with Gasteiger partial charge in [-0.05, 0) is 45.6 Å². The monoisotopic (exact) mass is 498 g/mol. The molecular formula is C29H30N4O2S. The van der Waals surface area contributed by atoms with Gasteiger partial charge in [0.1, 0.15) is 0 Å². The van der Waals surface area contributed by atoms with Crippen molar-refractivity contribution in [2.45, 2.75) is 39.5 Å². The fraction of sp³-hybridized carbons (Fsp3) is 0.276. The number of hydrogen-bond acceptors (Lipinski definition) is 6. The number of H-pyrrole nitrogens is 1. The summed E-state index contributed by atoms with van der Waals surface area (Å²) in [6, 6.07) is 17.0. The maximum atomic E-state index is 11.3. The number of thiazole rings is 1. The molecule has 0 saturated carbocycles. The lowest BCUT2D eigenvalue weighted by molar-refractivity contribution is 0.455. The molecule has 0 atom stereocenters. The number of aromatic hydroxyl groups is 1. The first kappa shape index (κ1) is 24.0. The van der Waals surface area contributed by atoms with Crippen LogP contribution in [0.2, 0.25) is 0 Å². The Kier molecular flexibility index (Phi) is 7.00. The first-order chi connectivity index (χ1) is 17.5. The summed E-state index contributed by atoms with van der Waals surface area (Å²) in [7, 11) is 0. The smallest absolute Gasteiger partial charge is 0.307 e. The highest BCUT2D eigenvalue weighted by molar-refractivity contribution is 7.10. The van der Waals surface area contributed by atoms with E-state index in [0.717, 1.165) is 84.1 Å². The van der Waals surface area contributed by atoms with Gasteiger partial charge < -0.3 is 10.0 Å². The van der Waals surface area contributed by atoms with Crippen LogP contribution in [0.25, 0.3) is 28.6 Å². The van der Waals surface area contributed by atoms with E-state index in [1.807, 2.05) is 12.2 Å². The van der Waals surface area contributed by atoms with Gasteiger partial charge in [-0.25, -0.2) is 9.97 Å². The van der Waals surface area contributed by atoms with Gasteiger partial charge in [-0.1, -0.05) is 77.1 Å². The molecule has 0 radical (unpaired) electrons. The summed E-state index contributed by atoms with van der Waals surface area (Å²) in [5, 5.41) is 9.73. The first-order valence-corrected chi connectivity index (χ1v) is 13.2. The SMILES string of the molecule is Cc1ccc(-c2nc3c(nc2-c2ccc(C)cc2)N(CCC/C=C/c2sc(=O)[nH]c2O)CCC3)cc1. The molecule has 2 aromatic carbocycles. The number of benzene rings is 2. The Balaban J connectivity index is 1.41. The predicted molar refractivity (Wildman–Crippen MR) is 148 cm³/mol. The Morgan fingerprint density at radius 2 is 1.64 bits per heavy atom. The van der Waals surface area contributed by atoms with Gasteiger partial charge in [0.15, 0.2) is 5.82 Å². The number of nitrogens with one attached hydrogen (secondary N) is 1. The number of fused-ring (bicyclic) bond motifs is 1. The minimum absolute atomic E-state index is 0.0606. The third-order valence-electron chi connectivity index (χ3n) is 6.46. The minimum atomic E-state index is -0.245. The van der Waals surface area contributed by atoms with Crippen molar-refractivity contribution in [3.8, 4) is 28.4 Å². The zero-order chi connectivity index (χ0) is 25.1. The standard InChI is InChI=1S/C29H30N4O2S/c1-19-9-13-21(14-10-19)25-26(22-15-11-20(2)12-16-22)31-27-23(30-25)7-6-18-33(27)17-5-3-4-8-24-28(34)32-29(35)36-24/h4,8-16,34H,3,5-7,17-18H2,1-2H3,(H,32,35)/b8-4+. The number of allylic oxidation sites excluding steroid dienone is 1. The molecule has 0 aliphatic carbocycles. The summed E-state index contributed by atoms with van der Waals surface area (Å²) in [4.78, 5) is 26.8. The molecule has 7 heteroatoms. The van der Waals surface area contributed by atoms with Crippen molar-refractivity contribution < 1.29 is 5.11 Å². The number of nitrogens with zero attached hydrogens (tertiary/aromatic N) is 3. The van der Waals surface area contributed by atoms with Crippen molar-refractivity contribution in [1.82, 2.24) is 15.0 Å². The quantitative estimate of drug-likeness (QED) is 0.300. The summed E-state index contributed by atoms with van der Waals surface area (Å²) < 4.78 is 0. The highest BCUT2D eigenvalue weighted by atomic mass is 32.1. The van der Waals surface area contributed by atoms with Gasteiger partial charge in [0.2, 0.25) is 5.88 Å². The highest BCUT2D eigenvalue weighted by Gasteiger charge is 2.23. The molecule has 1 aliphatic rings. The Labute approximate surface area is 215 Å². The van der Waals surface area contributed by atoms with Crippen molar-refractivity contribution in [2.24, 2.45) is 0 Å². The van der Waals surface area contributed by atoms with Crippen LogP contribution in [0.4, 0.5) is 5.82 Å². The zero-order valence-electron chi connectivity index (χ0n) is 20.6. The van der Waals surface area contributed by atoms with E-state index in [1.54, 1.807) is 0 Å². The molecule has 5 rings (SSSR count). The fourth-order valence-corrected chi connectivity index (χ4v) is 5.16. The van der Waals surface area contributed by atoms with Gasteiger partial charge >= 0.3 is 4.87 Å². The van der Waals surface area contributed by atoms with E-state index >= 15 is 0 Å². The molecule has 0 fully saturated rings. The summed E-state index contributed by atoms with van der Waals surface area (Å²) in [6.07, 6.45) is 7.59. The van der Waals surface area contributed by atoms with Crippen LogP contribution in [0.5, 0.6) is 5.88 Å². The molecule has 0 saturated heterocycles. The van der Waals surface area contributed by atoms with Crippen LogP contribution in [0.3, 0.4) is 0 Å². The molecule has 4 aromatic rings. The normalized spacial score (nSPS) is 13.3. The largest absolute Gasteiger partial charge is 0.493 e. The van der Waals surface area contributed by atoms with Crippen LogP contribution in [0.15, 0.2) is 59.4 Å². The van der Waals surface area contributed by atoms with E-state index in [1.165, 1.54) is 11.1 Å². The van der Waals surface area contributed by atoms with Crippen molar-refractivity contribution in [3.63, 3.8) is 0 Å². The molecule has 1 aliphatic heterocycles. The average molecular weight is 499 g/mol. The number of aryl methyl sites for hydroxylation is 3. The lowest BCUT2D eigenvalue weighted by atomic mass is 10.0. The highest BCUT2D eigenvalue weighted by Crippen LogP contribution is 2.35. The fourth-order valence-electron chi connectivity index (χ4n) is 4.50. The predicted octanol–water partition coefficient (Wildman–Crippen LogP) is 6.13. The van der Waals surface area contributed by atoms with Gasteiger partial charge in [-0.15, -0.1) is 0 Å². The maximum absolute atomic E-state index is 11.3. The van der Waals surface area contributed by atoms with Crippen molar-refractivity contribution in [3.05, 3.63) is 86.0 Å². The Bertz CT molecular complexity index is 1440. The van der Waals surface area contributed by atoms with Gasteiger partial charge in [0.05, 0.1) is 22.0 Å². The molecule has 0 amide bonds. The van der Waals surface area contributed by atoms with Crippen molar-refractivity contribution in [2.75, 3.05) is 18.0 Å². The van der Waals surface area contributed by atoms with Gasteiger partial charge in [-0.2, -0.15) is 0 Å². The molecule has 2 N–H and O–H groups in total. The number of hydrogen-bond donors (Lipinski definition) is 2. The van der Waals surface area contributed by atoms with Gasteiger partial charge in [0.25, 0.3) is 0 Å². The lowest BCUT2D eigenvalue weighted by Gasteiger charge is -2.30. The van der Waals surface area contributed by atoms with Crippen LogP contribution in [0.1, 0.15) is 41.0 Å². The molecular weight excluding hydrogens is 468 g/mol. The molecule has 36 heavy (non-hydrogen) atoms. The minimum Gasteiger partial charge on any atom is -0.493 e. The number of aromatic nitrogens is 3. The van der Waals surface area contributed by atoms with Crippen LogP contribution in [-0.4, -0.2) is 33.1 Å². The molecule has 2 aromatic heterocycles. The van der Waals surface area contributed by atoms with Crippen molar-refractivity contribution >= 4 is 23.2 Å². The van der Waals surface area contributed by atoms with Crippen LogP contribution in [-0.2, 0) is 6.42 Å². The van der Waals surface area contributed by atoms with Gasteiger partial charge in [-0.3, -0.25) is 9.78 Å². The Morgan fingerprint density at radius 1 is 1.00 bits per heavy atom. The van der Waals surface area contributed by atoms with E-state index in [9.17, 15) is 9.90 Å². The molecule has 0 spiro atoms. The third-order valence-corrected chi connectivity index (χ3v) is 7.30. The second-order valence-electron chi connectivity index (χ2n) is 9.29. The van der Waals surface area contributed by atoms with Crippen LogP contribution in [0, 0.1) is 13.8 Å². The van der Waals surface area contributed by atoms with E-state index in [2.05, 4.69) is 72.3 Å². The number of anilines is 1. The van der Waals surface area contributed by atoms with E-state index in [-0.39, 0.29) is 10.8 Å². The molecule has 6 nitrogen and oxygen atoms in total. The first-order valence-electron chi connectivity index (χ1n) is 12.4. The number of unbranched alkanes of at least 4 members (excludes halogenated alkanes) is 1. The second-order valence-corrected chi connectivity index (χ2v) is 10.3. The summed E-state index contributed by atoms with van der Waals surface area (Å²) in [6.45, 7) is 6.03. The lowest BCUT2D eigenvalue weighted by Crippen LogP contribution is -2.32. The Hall–Kier alpha value is -3.71. The summed E-state index contributed by atoms with van der Waals surface area (Å²) >= 11 is 1.02. The second kappa shape index (κ2) is 10.5. The van der Waals surface area contributed by atoms with E-state index in [4.69, 9.17) is 9.97 Å². The Morgan fingerprint density at radius 3 is 2.25 bits per heavy atom. The molecule has 0 bridgehead atoms.